The zero-order chi connectivity index (χ0) is 10.4. The van der Waals surface area contributed by atoms with Gasteiger partial charge in [0.05, 0.1) is 0 Å². The molecule has 0 aromatic carbocycles. The van der Waals surface area contributed by atoms with Crippen LogP contribution in [0.25, 0.3) is 0 Å². The molecule has 1 atom stereocenters. The van der Waals surface area contributed by atoms with Crippen LogP contribution in [0.1, 0.15) is 32.6 Å². The van der Waals surface area contributed by atoms with E-state index in [0.29, 0.717) is 19.5 Å². The molecule has 80 valence electrons. The first-order valence-electron chi connectivity index (χ1n) is 5.31. The van der Waals surface area contributed by atoms with Crippen molar-refractivity contribution in [1.29, 1.82) is 0 Å². The van der Waals surface area contributed by atoms with E-state index in [1.807, 2.05) is 0 Å². The monoisotopic (exact) mass is 198 g/mol. The van der Waals surface area contributed by atoms with Gasteiger partial charge in [-0.1, -0.05) is 13.3 Å². The van der Waals surface area contributed by atoms with Gasteiger partial charge in [-0.2, -0.15) is 0 Å². The van der Waals surface area contributed by atoms with E-state index in [4.69, 9.17) is 0 Å². The highest BCUT2D eigenvalue weighted by atomic mass is 16.2. The van der Waals surface area contributed by atoms with Crippen LogP contribution in [0, 0.1) is 5.92 Å². The Labute approximate surface area is 84.4 Å². The van der Waals surface area contributed by atoms with Crippen LogP contribution < -0.4 is 10.6 Å². The summed E-state index contributed by atoms with van der Waals surface area (Å²) in [4.78, 5) is 22.8. The van der Waals surface area contributed by atoms with Gasteiger partial charge in [0.2, 0.25) is 11.8 Å². The molecule has 1 heterocycles. The minimum Gasteiger partial charge on any atom is -0.355 e. The normalized spacial score (nSPS) is 21.5. The van der Waals surface area contributed by atoms with Crippen molar-refractivity contribution in [2.45, 2.75) is 32.6 Å². The van der Waals surface area contributed by atoms with E-state index >= 15 is 0 Å². The molecule has 2 amide bonds. The Bertz CT molecular complexity index is 216. The molecule has 1 aliphatic rings. The summed E-state index contributed by atoms with van der Waals surface area (Å²) in [6.07, 6.45) is 3.61. The molecular formula is C10H18N2O2. The van der Waals surface area contributed by atoms with Gasteiger partial charge < -0.3 is 10.6 Å². The van der Waals surface area contributed by atoms with Gasteiger partial charge in [0.25, 0.3) is 0 Å². The molecule has 0 aromatic rings. The Morgan fingerprint density at radius 3 is 3.07 bits per heavy atom. The van der Waals surface area contributed by atoms with Crippen molar-refractivity contribution in [2.24, 2.45) is 5.92 Å². The number of hydrogen-bond donors (Lipinski definition) is 2. The summed E-state index contributed by atoms with van der Waals surface area (Å²) in [7, 11) is 0. The van der Waals surface area contributed by atoms with Gasteiger partial charge in [0, 0.05) is 13.1 Å². The summed E-state index contributed by atoms with van der Waals surface area (Å²) >= 11 is 0. The van der Waals surface area contributed by atoms with E-state index in [1.54, 1.807) is 0 Å². The fourth-order valence-electron chi connectivity index (χ4n) is 1.53. The second kappa shape index (κ2) is 5.62. The van der Waals surface area contributed by atoms with E-state index in [1.165, 1.54) is 0 Å². The summed E-state index contributed by atoms with van der Waals surface area (Å²) in [5.74, 6) is -0.693. The summed E-state index contributed by atoms with van der Waals surface area (Å²) in [5.41, 5.74) is 0. The molecule has 0 spiro atoms. The van der Waals surface area contributed by atoms with Crippen LogP contribution in [0.15, 0.2) is 0 Å². The number of piperidine rings is 1. The maximum absolute atomic E-state index is 11.5. The maximum atomic E-state index is 11.5. The SMILES string of the molecule is CCCCNC(=O)[C@H]1CCCNC1=O. The van der Waals surface area contributed by atoms with Crippen LogP contribution in [-0.4, -0.2) is 24.9 Å². The van der Waals surface area contributed by atoms with Crippen molar-refractivity contribution < 1.29 is 9.59 Å². The fourth-order valence-corrected chi connectivity index (χ4v) is 1.53. The number of amides is 2. The Morgan fingerprint density at radius 2 is 2.43 bits per heavy atom. The smallest absolute Gasteiger partial charge is 0.232 e. The molecule has 0 saturated carbocycles. The highest BCUT2D eigenvalue weighted by molar-refractivity contribution is 6.00. The van der Waals surface area contributed by atoms with Crippen molar-refractivity contribution >= 4 is 11.8 Å². The molecule has 4 nitrogen and oxygen atoms in total. The quantitative estimate of drug-likeness (QED) is 0.508. The lowest BCUT2D eigenvalue weighted by Crippen LogP contribution is -2.45. The number of hydrogen-bond acceptors (Lipinski definition) is 2. The number of rotatable bonds is 4. The van der Waals surface area contributed by atoms with Crippen LogP contribution in [-0.2, 0) is 9.59 Å². The third kappa shape index (κ3) is 3.01. The number of nitrogens with one attached hydrogen (secondary N) is 2. The lowest BCUT2D eigenvalue weighted by atomic mass is 9.98. The van der Waals surface area contributed by atoms with Crippen molar-refractivity contribution in [1.82, 2.24) is 10.6 Å². The van der Waals surface area contributed by atoms with Crippen LogP contribution in [0.3, 0.4) is 0 Å². The van der Waals surface area contributed by atoms with Gasteiger partial charge in [-0.05, 0) is 19.3 Å². The summed E-state index contributed by atoms with van der Waals surface area (Å²) < 4.78 is 0. The Morgan fingerprint density at radius 1 is 1.64 bits per heavy atom. The zero-order valence-corrected chi connectivity index (χ0v) is 8.64. The molecule has 2 N–H and O–H groups in total. The van der Waals surface area contributed by atoms with Crippen LogP contribution >= 0.6 is 0 Å². The summed E-state index contributed by atoms with van der Waals surface area (Å²) in [6.45, 7) is 3.45. The zero-order valence-electron chi connectivity index (χ0n) is 8.64. The maximum Gasteiger partial charge on any atom is 0.232 e. The fraction of sp³-hybridized carbons (Fsp3) is 0.800. The van der Waals surface area contributed by atoms with Crippen LogP contribution in [0.4, 0.5) is 0 Å². The Balaban J connectivity index is 2.31. The highest BCUT2D eigenvalue weighted by Gasteiger charge is 2.28. The number of unbranched alkanes of at least 4 members (excludes halogenated alkanes) is 1. The first-order chi connectivity index (χ1) is 6.75. The minimum atomic E-state index is -0.458. The average molecular weight is 198 g/mol. The topological polar surface area (TPSA) is 58.2 Å². The molecule has 0 unspecified atom stereocenters. The van der Waals surface area contributed by atoms with Gasteiger partial charge in [0.1, 0.15) is 5.92 Å². The van der Waals surface area contributed by atoms with Gasteiger partial charge in [-0.15, -0.1) is 0 Å². The van der Waals surface area contributed by atoms with Crippen molar-refractivity contribution in [3.05, 3.63) is 0 Å². The number of carbonyl (C=O) groups excluding carboxylic acids is 2. The minimum absolute atomic E-state index is 0.115. The first kappa shape index (κ1) is 11.0. The molecule has 0 aromatic heterocycles. The van der Waals surface area contributed by atoms with Gasteiger partial charge >= 0.3 is 0 Å². The third-order valence-electron chi connectivity index (χ3n) is 2.43. The predicted molar refractivity (Wildman–Crippen MR) is 53.7 cm³/mol. The largest absolute Gasteiger partial charge is 0.355 e. The van der Waals surface area contributed by atoms with E-state index in [-0.39, 0.29) is 11.8 Å². The molecule has 0 aliphatic carbocycles. The molecule has 1 aliphatic heterocycles. The van der Waals surface area contributed by atoms with Gasteiger partial charge in [-0.25, -0.2) is 0 Å². The second-order valence-corrected chi connectivity index (χ2v) is 3.63. The van der Waals surface area contributed by atoms with E-state index in [0.717, 1.165) is 19.3 Å². The first-order valence-corrected chi connectivity index (χ1v) is 5.31. The van der Waals surface area contributed by atoms with E-state index < -0.39 is 5.92 Å². The molecule has 4 heteroatoms. The van der Waals surface area contributed by atoms with Crippen molar-refractivity contribution in [3.8, 4) is 0 Å². The van der Waals surface area contributed by atoms with Crippen molar-refractivity contribution in [2.75, 3.05) is 13.1 Å². The lowest BCUT2D eigenvalue weighted by molar-refractivity contribution is -0.136. The van der Waals surface area contributed by atoms with Crippen molar-refractivity contribution in [3.63, 3.8) is 0 Å². The highest BCUT2D eigenvalue weighted by Crippen LogP contribution is 2.11. The summed E-state index contributed by atoms with van der Waals surface area (Å²) in [6, 6.07) is 0. The third-order valence-corrected chi connectivity index (χ3v) is 2.43. The van der Waals surface area contributed by atoms with E-state index in [2.05, 4.69) is 17.6 Å². The van der Waals surface area contributed by atoms with Gasteiger partial charge in [0.15, 0.2) is 0 Å². The molecule has 1 saturated heterocycles. The number of carbonyl (C=O) groups is 2. The summed E-state index contributed by atoms with van der Waals surface area (Å²) in [5, 5.41) is 5.49. The predicted octanol–water partition coefficient (Wildman–Crippen LogP) is 0.429. The Kier molecular flexibility index (Phi) is 4.43. The van der Waals surface area contributed by atoms with Crippen LogP contribution in [0.2, 0.25) is 0 Å². The standard InChI is InChI=1S/C10H18N2O2/c1-2-3-6-11-9(13)8-5-4-7-12-10(8)14/h8H,2-7H2,1H3,(H,11,13)(H,12,14)/t8-/m1/s1. The van der Waals surface area contributed by atoms with E-state index in [9.17, 15) is 9.59 Å². The molecule has 1 rings (SSSR count). The lowest BCUT2D eigenvalue weighted by Gasteiger charge is -2.20. The molecule has 1 fully saturated rings. The van der Waals surface area contributed by atoms with Crippen LogP contribution in [0.5, 0.6) is 0 Å². The van der Waals surface area contributed by atoms with Gasteiger partial charge in [-0.3, -0.25) is 9.59 Å². The molecule has 14 heavy (non-hydrogen) atoms. The molecule has 0 bridgehead atoms. The Hall–Kier alpha value is -1.06. The second-order valence-electron chi connectivity index (χ2n) is 3.63. The molecule has 0 radical (unpaired) electrons. The molecular weight excluding hydrogens is 180 g/mol. The average Bonchev–Trinajstić information content (AvgIpc) is 2.18.